The molecule has 0 spiro atoms. The van der Waals surface area contributed by atoms with Gasteiger partial charge in [-0.1, -0.05) is 29.3 Å². The molecule has 1 saturated carbocycles. The van der Waals surface area contributed by atoms with Crippen LogP contribution < -0.4 is 0 Å². The van der Waals surface area contributed by atoms with E-state index < -0.39 is 10.4 Å². The van der Waals surface area contributed by atoms with Gasteiger partial charge in [0, 0.05) is 5.92 Å². The van der Waals surface area contributed by atoms with E-state index in [-0.39, 0.29) is 18.0 Å². The first-order chi connectivity index (χ1) is 6.93. The Morgan fingerprint density at radius 2 is 2.20 bits per heavy atom. The average molecular weight is 277 g/mol. The summed E-state index contributed by atoms with van der Waals surface area (Å²) < 4.78 is 4.68. The van der Waals surface area contributed by atoms with Crippen molar-refractivity contribution in [2.75, 3.05) is 0 Å². The van der Waals surface area contributed by atoms with Crippen LogP contribution in [-0.4, -0.2) is 27.6 Å². The average Bonchev–Trinajstić information content (AvgIpc) is 2.27. The molecule has 5 atom stereocenters. The van der Waals surface area contributed by atoms with Gasteiger partial charge >= 0.3 is 5.97 Å². The number of fused-ring (bicyclic) bond motifs is 1. The third kappa shape index (κ3) is 1.82. The quantitative estimate of drug-likeness (QED) is 0.543. The minimum atomic E-state index is -0.608. The van der Waals surface area contributed by atoms with Crippen molar-refractivity contribution >= 4 is 21.9 Å². The first-order valence-electron chi connectivity index (χ1n) is 5.51. The molecule has 1 heterocycles. The summed E-state index contributed by atoms with van der Waals surface area (Å²) >= 11 is 3.45. The molecule has 0 aromatic heterocycles. The number of alkyl halides is 1. The van der Waals surface area contributed by atoms with E-state index in [4.69, 9.17) is 4.74 Å². The normalized spacial score (nSPS) is 50.8. The molecule has 4 heteroatoms. The first kappa shape index (κ1) is 11.4. The second kappa shape index (κ2) is 3.74. The number of esters is 1. The summed E-state index contributed by atoms with van der Waals surface area (Å²) in [5, 5.41) is 9.98. The number of hydrogen-bond acceptors (Lipinski definition) is 3. The Hall–Kier alpha value is -0.0900. The summed E-state index contributed by atoms with van der Waals surface area (Å²) in [4.78, 5) is 11.6. The first-order valence-corrected chi connectivity index (χ1v) is 6.30. The van der Waals surface area contributed by atoms with Gasteiger partial charge in [0.2, 0.25) is 0 Å². The molecule has 0 aromatic carbocycles. The second-order valence-electron chi connectivity index (χ2n) is 5.04. The number of rotatable bonds is 0. The summed E-state index contributed by atoms with van der Waals surface area (Å²) in [5.74, 6) is 0.378. The van der Waals surface area contributed by atoms with E-state index in [1.165, 1.54) is 0 Å². The summed E-state index contributed by atoms with van der Waals surface area (Å²) in [6.07, 6.45) is 1.91. The number of carbonyl (C=O) groups excluding carboxylic acids is 1. The van der Waals surface area contributed by atoms with E-state index in [0.29, 0.717) is 5.92 Å². The molecule has 1 saturated heterocycles. The van der Waals surface area contributed by atoms with Gasteiger partial charge in [0.25, 0.3) is 0 Å². The highest BCUT2D eigenvalue weighted by molar-refractivity contribution is 9.10. The topological polar surface area (TPSA) is 46.5 Å². The maximum Gasteiger partial charge on any atom is 0.323 e. The zero-order valence-electron chi connectivity index (χ0n) is 9.07. The van der Waals surface area contributed by atoms with E-state index in [1.807, 2.05) is 6.92 Å². The number of ether oxygens (including phenoxy) is 1. The van der Waals surface area contributed by atoms with E-state index in [9.17, 15) is 9.90 Å². The number of carbonyl (C=O) groups is 1. The van der Waals surface area contributed by atoms with Crippen LogP contribution in [0.3, 0.4) is 0 Å². The number of aliphatic hydroxyl groups excluding tert-OH is 1. The molecule has 86 valence electrons. The van der Waals surface area contributed by atoms with E-state index in [1.54, 1.807) is 0 Å². The predicted molar refractivity (Wildman–Crippen MR) is 59.7 cm³/mol. The van der Waals surface area contributed by atoms with Crippen molar-refractivity contribution < 1.29 is 14.6 Å². The lowest BCUT2D eigenvalue weighted by Crippen LogP contribution is -2.36. The molecule has 3 nitrogen and oxygen atoms in total. The molecule has 1 aliphatic heterocycles. The van der Waals surface area contributed by atoms with Gasteiger partial charge in [0.05, 0.1) is 6.10 Å². The minimum Gasteiger partial charge on any atom is -0.458 e. The molecule has 15 heavy (non-hydrogen) atoms. The molecule has 0 unspecified atom stereocenters. The summed E-state index contributed by atoms with van der Waals surface area (Å²) in [7, 11) is 0. The Balaban J connectivity index is 2.24. The highest BCUT2D eigenvalue weighted by atomic mass is 79.9. The third-order valence-corrected chi connectivity index (χ3v) is 4.64. The molecule has 2 fully saturated rings. The standard InChI is InChI=1S/C11H17BrO3/c1-6-3-4-7-9(8(13)5-6)15-10(14)11(7,2)12/h6-9,13H,3-5H2,1-2H3/t6-,7-,8+,9-,11+/m1/s1. The fourth-order valence-corrected chi connectivity index (χ4v) is 3.27. The maximum absolute atomic E-state index is 11.6. The lowest BCUT2D eigenvalue weighted by Gasteiger charge is -2.23. The lowest BCUT2D eigenvalue weighted by molar-refractivity contribution is -0.147. The van der Waals surface area contributed by atoms with Crippen molar-refractivity contribution in [3.05, 3.63) is 0 Å². The SMILES string of the molecule is C[C@@H]1CC[C@@H]2[C@@H](OC(=O)[C@@]2(C)Br)[C@@H](O)C1. The molecular weight excluding hydrogens is 260 g/mol. The summed E-state index contributed by atoms with van der Waals surface area (Å²) in [6, 6.07) is 0. The summed E-state index contributed by atoms with van der Waals surface area (Å²) in [6.45, 7) is 3.99. The molecule has 0 radical (unpaired) electrons. The van der Waals surface area contributed by atoms with Crippen molar-refractivity contribution in [3.8, 4) is 0 Å². The second-order valence-corrected chi connectivity index (χ2v) is 6.68. The monoisotopic (exact) mass is 276 g/mol. The van der Waals surface area contributed by atoms with Crippen LogP contribution in [0.5, 0.6) is 0 Å². The zero-order valence-corrected chi connectivity index (χ0v) is 10.7. The smallest absolute Gasteiger partial charge is 0.323 e. The molecule has 2 aliphatic rings. The molecule has 0 bridgehead atoms. The molecule has 1 aliphatic carbocycles. The molecule has 0 aromatic rings. The third-order valence-electron chi connectivity index (χ3n) is 3.73. The number of halogens is 1. The van der Waals surface area contributed by atoms with Crippen LogP contribution in [0.15, 0.2) is 0 Å². The van der Waals surface area contributed by atoms with Gasteiger partial charge in [-0.2, -0.15) is 0 Å². The Morgan fingerprint density at radius 1 is 1.53 bits per heavy atom. The van der Waals surface area contributed by atoms with E-state index in [0.717, 1.165) is 19.3 Å². The van der Waals surface area contributed by atoms with E-state index >= 15 is 0 Å². The van der Waals surface area contributed by atoms with Gasteiger partial charge in [-0.15, -0.1) is 0 Å². The fraction of sp³-hybridized carbons (Fsp3) is 0.909. The minimum absolute atomic E-state index is 0.102. The maximum atomic E-state index is 11.6. The number of aliphatic hydroxyl groups is 1. The zero-order chi connectivity index (χ0) is 11.2. The molecule has 1 N–H and O–H groups in total. The van der Waals surface area contributed by atoms with Crippen LogP contribution >= 0.6 is 15.9 Å². The van der Waals surface area contributed by atoms with Crippen LogP contribution in [0.25, 0.3) is 0 Å². The van der Waals surface area contributed by atoms with Crippen LogP contribution in [0.1, 0.15) is 33.1 Å². The van der Waals surface area contributed by atoms with Crippen LogP contribution in [0, 0.1) is 11.8 Å². The van der Waals surface area contributed by atoms with Crippen LogP contribution in [0.4, 0.5) is 0 Å². The summed E-state index contributed by atoms with van der Waals surface area (Å²) in [5.41, 5.74) is 0. The van der Waals surface area contributed by atoms with Gasteiger partial charge in [0.15, 0.2) is 0 Å². The van der Waals surface area contributed by atoms with Crippen molar-refractivity contribution in [1.29, 1.82) is 0 Å². The Morgan fingerprint density at radius 3 is 2.87 bits per heavy atom. The van der Waals surface area contributed by atoms with Gasteiger partial charge in [-0.25, -0.2) is 0 Å². The van der Waals surface area contributed by atoms with Crippen LogP contribution in [0.2, 0.25) is 0 Å². The largest absolute Gasteiger partial charge is 0.458 e. The Bertz CT molecular complexity index is 277. The van der Waals surface area contributed by atoms with Gasteiger partial charge < -0.3 is 9.84 Å². The molecule has 2 rings (SSSR count). The van der Waals surface area contributed by atoms with Gasteiger partial charge in [-0.05, 0) is 25.7 Å². The highest BCUT2D eigenvalue weighted by Gasteiger charge is 2.55. The number of hydrogen-bond donors (Lipinski definition) is 1. The van der Waals surface area contributed by atoms with Crippen molar-refractivity contribution in [2.24, 2.45) is 11.8 Å². The van der Waals surface area contributed by atoms with Crippen molar-refractivity contribution in [3.63, 3.8) is 0 Å². The Kier molecular flexibility index (Phi) is 2.84. The van der Waals surface area contributed by atoms with Crippen molar-refractivity contribution in [1.82, 2.24) is 0 Å². The van der Waals surface area contributed by atoms with E-state index in [2.05, 4.69) is 22.9 Å². The molecular formula is C11H17BrO3. The van der Waals surface area contributed by atoms with Crippen molar-refractivity contribution in [2.45, 2.75) is 49.6 Å². The fourth-order valence-electron chi connectivity index (χ4n) is 2.69. The lowest BCUT2D eigenvalue weighted by atomic mass is 9.87. The van der Waals surface area contributed by atoms with Gasteiger partial charge in [0.1, 0.15) is 10.4 Å². The molecule has 0 amide bonds. The van der Waals surface area contributed by atoms with Crippen LogP contribution in [-0.2, 0) is 9.53 Å². The van der Waals surface area contributed by atoms with Gasteiger partial charge in [-0.3, -0.25) is 4.79 Å². The predicted octanol–water partition coefficient (Wildman–Crippen LogP) is 1.86. The highest BCUT2D eigenvalue weighted by Crippen LogP contribution is 2.46. The Labute approximate surface area is 98.3 Å².